The lowest BCUT2D eigenvalue weighted by molar-refractivity contribution is -0.142. The Hall–Kier alpha value is -3.93. The second-order valence-electron chi connectivity index (χ2n) is 7.54. The highest BCUT2D eigenvalue weighted by molar-refractivity contribution is 6.01. The lowest BCUT2D eigenvalue weighted by atomic mass is 9.82. The van der Waals surface area contributed by atoms with Crippen LogP contribution in [0.15, 0.2) is 96.0 Å². The summed E-state index contributed by atoms with van der Waals surface area (Å²) < 4.78 is 11.0. The van der Waals surface area contributed by atoms with Crippen molar-refractivity contribution in [2.45, 2.75) is 18.1 Å². The topological polar surface area (TPSA) is 77.0 Å². The highest BCUT2D eigenvalue weighted by Gasteiger charge is 2.53. The molecule has 32 heavy (non-hydrogen) atoms. The number of carbonyl (C=O) groups excluding carboxylic acids is 2. The zero-order chi connectivity index (χ0) is 22.4. The van der Waals surface area contributed by atoms with Crippen LogP contribution in [0.25, 0.3) is 0 Å². The summed E-state index contributed by atoms with van der Waals surface area (Å²) in [5, 5.41) is 2.71. The monoisotopic (exact) mass is 428 g/mol. The van der Waals surface area contributed by atoms with Gasteiger partial charge >= 0.3 is 5.97 Å². The Morgan fingerprint density at radius 1 is 0.938 bits per heavy atom. The molecule has 0 saturated carbocycles. The molecule has 162 valence electrons. The Kier molecular flexibility index (Phi) is 6.31. The molecule has 1 aliphatic rings. The minimum absolute atomic E-state index is 0.246. The Balaban J connectivity index is 1.82. The largest absolute Gasteiger partial charge is 0.468 e. The number of nitrogens with zero attached hydrogens (tertiary/aromatic N) is 1. The summed E-state index contributed by atoms with van der Waals surface area (Å²) in [5.74, 6) is -0.536. The molecule has 6 nitrogen and oxygen atoms in total. The van der Waals surface area contributed by atoms with Crippen LogP contribution in [0.4, 0.5) is 0 Å². The van der Waals surface area contributed by atoms with Crippen LogP contribution in [0.2, 0.25) is 0 Å². The van der Waals surface area contributed by atoms with Gasteiger partial charge in [0.2, 0.25) is 5.90 Å². The fraction of sp³-hybridized carbons (Fsp3) is 0.192. The Morgan fingerprint density at radius 3 is 2.16 bits per heavy atom. The highest BCUT2D eigenvalue weighted by Crippen LogP contribution is 2.42. The fourth-order valence-corrected chi connectivity index (χ4v) is 3.83. The first-order chi connectivity index (χ1) is 15.6. The molecule has 3 aromatic rings. The highest BCUT2D eigenvalue weighted by atomic mass is 16.5. The summed E-state index contributed by atoms with van der Waals surface area (Å²) in [6.07, 6.45) is -0.367. The molecule has 0 saturated heterocycles. The van der Waals surface area contributed by atoms with Crippen LogP contribution >= 0.6 is 0 Å². The van der Waals surface area contributed by atoms with Gasteiger partial charge in [-0.15, -0.1) is 0 Å². The first-order valence-corrected chi connectivity index (χ1v) is 10.4. The molecular weight excluding hydrogens is 404 g/mol. The van der Waals surface area contributed by atoms with Gasteiger partial charge in [-0.2, -0.15) is 0 Å². The van der Waals surface area contributed by atoms with Crippen molar-refractivity contribution in [1.82, 2.24) is 5.32 Å². The van der Waals surface area contributed by atoms with E-state index in [4.69, 9.17) is 14.5 Å². The molecular formula is C26H24N2O4. The number of hydrogen-bond donors (Lipinski definition) is 1. The molecule has 4 rings (SSSR count). The average molecular weight is 428 g/mol. The normalized spacial score (nSPS) is 19.5. The first kappa shape index (κ1) is 21.3. The van der Waals surface area contributed by atoms with E-state index in [-0.39, 0.29) is 6.54 Å². The molecule has 1 N–H and O–H groups in total. The van der Waals surface area contributed by atoms with Crippen molar-refractivity contribution in [2.75, 3.05) is 13.7 Å². The smallest absolute Gasteiger partial charge is 0.325 e. The van der Waals surface area contributed by atoms with Crippen LogP contribution in [-0.2, 0) is 25.5 Å². The third-order valence-electron chi connectivity index (χ3n) is 5.42. The van der Waals surface area contributed by atoms with E-state index in [1.807, 2.05) is 91.0 Å². The maximum Gasteiger partial charge on any atom is 0.325 e. The second-order valence-corrected chi connectivity index (χ2v) is 7.54. The van der Waals surface area contributed by atoms with E-state index < -0.39 is 23.5 Å². The summed E-state index contributed by atoms with van der Waals surface area (Å²) in [4.78, 5) is 30.3. The number of methoxy groups -OCH3 is 1. The zero-order valence-electron chi connectivity index (χ0n) is 17.7. The van der Waals surface area contributed by atoms with Crippen LogP contribution in [0, 0.1) is 0 Å². The molecule has 0 unspecified atom stereocenters. The van der Waals surface area contributed by atoms with Crippen LogP contribution in [-0.4, -0.2) is 37.0 Å². The van der Waals surface area contributed by atoms with Crippen molar-refractivity contribution in [3.05, 3.63) is 108 Å². The van der Waals surface area contributed by atoms with Gasteiger partial charge in [0.25, 0.3) is 5.91 Å². The number of esters is 1. The van der Waals surface area contributed by atoms with Gasteiger partial charge in [0.1, 0.15) is 6.54 Å². The number of ether oxygens (including phenoxy) is 2. The number of carbonyl (C=O) groups is 2. The summed E-state index contributed by atoms with van der Waals surface area (Å²) in [6.45, 7) is -0.246. The van der Waals surface area contributed by atoms with Crippen LogP contribution in [0.5, 0.6) is 0 Å². The molecule has 0 aliphatic carbocycles. The molecule has 1 aliphatic heterocycles. The van der Waals surface area contributed by atoms with Crippen molar-refractivity contribution < 1.29 is 19.1 Å². The van der Waals surface area contributed by atoms with E-state index in [9.17, 15) is 9.59 Å². The van der Waals surface area contributed by atoms with Crippen molar-refractivity contribution in [2.24, 2.45) is 4.99 Å². The first-order valence-electron chi connectivity index (χ1n) is 10.4. The summed E-state index contributed by atoms with van der Waals surface area (Å²) in [5.41, 5.74) is 1.24. The quantitative estimate of drug-likeness (QED) is 0.585. The number of amides is 1. The third kappa shape index (κ3) is 4.39. The Morgan fingerprint density at radius 2 is 1.53 bits per heavy atom. The molecule has 0 spiro atoms. The van der Waals surface area contributed by atoms with Gasteiger partial charge < -0.3 is 14.8 Å². The zero-order valence-corrected chi connectivity index (χ0v) is 17.7. The molecule has 1 amide bonds. The van der Waals surface area contributed by atoms with E-state index in [1.54, 1.807) is 0 Å². The number of aliphatic imine (C=N–C) groups is 1. The van der Waals surface area contributed by atoms with E-state index in [0.717, 1.165) is 16.7 Å². The molecule has 1 heterocycles. The Labute approximate surface area is 186 Å². The van der Waals surface area contributed by atoms with Gasteiger partial charge in [-0.25, -0.2) is 4.99 Å². The minimum Gasteiger partial charge on any atom is -0.468 e. The van der Waals surface area contributed by atoms with Gasteiger partial charge in [0.05, 0.1) is 7.11 Å². The van der Waals surface area contributed by atoms with Crippen LogP contribution < -0.4 is 5.32 Å². The average Bonchev–Trinajstić information content (AvgIpc) is 3.24. The second kappa shape index (κ2) is 9.47. The molecule has 6 heteroatoms. The van der Waals surface area contributed by atoms with Gasteiger partial charge in [0.15, 0.2) is 11.6 Å². The lowest BCUT2D eigenvalue weighted by Crippen LogP contribution is -2.51. The maximum absolute atomic E-state index is 13.6. The molecule has 3 aromatic carbocycles. The predicted molar refractivity (Wildman–Crippen MR) is 121 cm³/mol. The van der Waals surface area contributed by atoms with Gasteiger partial charge in [0, 0.05) is 12.0 Å². The van der Waals surface area contributed by atoms with Crippen LogP contribution in [0.1, 0.15) is 22.8 Å². The molecule has 0 aromatic heterocycles. The van der Waals surface area contributed by atoms with Crippen molar-refractivity contribution in [3.8, 4) is 0 Å². The van der Waals surface area contributed by atoms with E-state index >= 15 is 0 Å². The number of hydrogen-bond acceptors (Lipinski definition) is 5. The van der Waals surface area contributed by atoms with Gasteiger partial charge in [-0.05, 0) is 23.3 Å². The number of benzene rings is 3. The van der Waals surface area contributed by atoms with Gasteiger partial charge in [-0.3, -0.25) is 9.59 Å². The minimum atomic E-state index is -1.30. The molecule has 0 fully saturated rings. The fourth-order valence-electron chi connectivity index (χ4n) is 3.83. The van der Waals surface area contributed by atoms with Crippen molar-refractivity contribution >= 4 is 17.8 Å². The van der Waals surface area contributed by atoms with E-state index in [1.165, 1.54) is 7.11 Å². The van der Waals surface area contributed by atoms with Crippen molar-refractivity contribution in [3.63, 3.8) is 0 Å². The standard InChI is InChI=1S/C26H24N2O4/c1-31-22(29)18-27-25(30)26(17-19-11-5-2-6-12-19)23(20-13-7-3-8-14-20)32-24(28-26)21-15-9-4-10-16-21/h2-16,23H,17-18H2,1H3,(H,27,30)/t23-,26-/m0/s1. The summed E-state index contributed by atoms with van der Waals surface area (Å²) >= 11 is 0. The Bertz CT molecular complexity index is 1100. The number of nitrogens with one attached hydrogen (secondary N) is 1. The summed E-state index contributed by atoms with van der Waals surface area (Å²) in [6, 6.07) is 28.7. The summed E-state index contributed by atoms with van der Waals surface area (Å²) in [7, 11) is 1.28. The maximum atomic E-state index is 13.6. The van der Waals surface area contributed by atoms with Crippen molar-refractivity contribution in [1.29, 1.82) is 0 Å². The predicted octanol–water partition coefficient (Wildman–Crippen LogP) is 3.48. The van der Waals surface area contributed by atoms with Crippen LogP contribution in [0.3, 0.4) is 0 Å². The van der Waals surface area contributed by atoms with E-state index in [2.05, 4.69) is 5.32 Å². The van der Waals surface area contributed by atoms with Gasteiger partial charge in [-0.1, -0.05) is 78.9 Å². The third-order valence-corrected chi connectivity index (χ3v) is 5.42. The number of rotatable bonds is 7. The van der Waals surface area contributed by atoms with E-state index in [0.29, 0.717) is 12.3 Å². The SMILES string of the molecule is COC(=O)CNC(=O)[C@@]1(Cc2ccccc2)N=C(c2ccccc2)O[C@H]1c1ccccc1. The molecule has 2 atom stereocenters. The lowest BCUT2D eigenvalue weighted by Gasteiger charge is -2.30. The molecule has 0 radical (unpaired) electrons. The molecule has 0 bridgehead atoms.